The second-order valence-electron chi connectivity index (χ2n) is 5.96. The van der Waals surface area contributed by atoms with Gasteiger partial charge in [-0.2, -0.15) is 0 Å². The van der Waals surface area contributed by atoms with Gasteiger partial charge in [-0.05, 0) is 24.6 Å². The van der Waals surface area contributed by atoms with Crippen LogP contribution in [0.15, 0.2) is 36.9 Å². The van der Waals surface area contributed by atoms with Gasteiger partial charge in [0.25, 0.3) is 7.37 Å². The maximum absolute atomic E-state index is 12.5. The Labute approximate surface area is 149 Å². The molecule has 0 amide bonds. The number of benzene rings is 1. The van der Waals surface area contributed by atoms with Gasteiger partial charge < -0.3 is 25.0 Å². The van der Waals surface area contributed by atoms with Crippen LogP contribution in [0.25, 0.3) is 11.2 Å². The second-order valence-corrected chi connectivity index (χ2v) is 8.14. The van der Waals surface area contributed by atoms with Crippen molar-refractivity contribution in [1.82, 2.24) is 19.5 Å². The summed E-state index contributed by atoms with van der Waals surface area (Å²) in [5.74, 6) is 0.297. The van der Waals surface area contributed by atoms with E-state index in [1.165, 1.54) is 12.4 Å². The second kappa shape index (κ2) is 7.51. The van der Waals surface area contributed by atoms with Crippen molar-refractivity contribution in [2.45, 2.75) is 26.2 Å². The van der Waals surface area contributed by atoms with Crippen LogP contribution in [0.5, 0.6) is 0 Å². The van der Waals surface area contributed by atoms with E-state index in [2.05, 4.69) is 15.0 Å². The number of hydrogen-bond acceptors (Lipinski definition) is 7. The Bertz CT molecular complexity index is 961. The molecule has 0 radical (unpaired) electrons. The fourth-order valence-electron chi connectivity index (χ4n) is 2.54. The molecule has 138 valence electrons. The first-order valence-electron chi connectivity index (χ1n) is 7.96. The minimum atomic E-state index is -3.69. The SMILES string of the molecule is CC(Cn1cnc2c(N)ncnc21)OCP(=O)(O)c1cccc(CO)c1. The van der Waals surface area contributed by atoms with E-state index in [1.54, 1.807) is 36.0 Å². The Morgan fingerprint density at radius 1 is 1.35 bits per heavy atom. The van der Waals surface area contributed by atoms with Crippen molar-refractivity contribution >= 4 is 29.7 Å². The zero-order chi connectivity index (χ0) is 18.7. The first-order valence-corrected chi connectivity index (χ1v) is 9.80. The van der Waals surface area contributed by atoms with Gasteiger partial charge in [0.15, 0.2) is 11.5 Å². The van der Waals surface area contributed by atoms with Gasteiger partial charge in [-0.15, -0.1) is 0 Å². The summed E-state index contributed by atoms with van der Waals surface area (Å²) in [6.45, 7) is 1.99. The van der Waals surface area contributed by atoms with E-state index in [9.17, 15) is 9.46 Å². The summed E-state index contributed by atoms with van der Waals surface area (Å²) in [5, 5.41) is 9.42. The van der Waals surface area contributed by atoms with Crippen molar-refractivity contribution in [3.8, 4) is 0 Å². The van der Waals surface area contributed by atoms with E-state index in [4.69, 9.17) is 15.6 Å². The molecule has 0 spiro atoms. The van der Waals surface area contributed by atoms with E-state index in [0.717, 1.165) is 0 Å². The Kier molecular flexibility index (Phi) is 5.33. The van der Waals surface area contributed by atoms with Crippen LogP contribution in [0.1, 0.15) is 12.5 Å². The highest BCUT2D eigenvalue weighted by Gasteiger charge is 2.23. The smallest absolute Gasteiger partial charge is 0.254 e. The molecule has 1 aromatic carbocycles. The van der Waals surface area contributed by atoms with Crippen molar-refractivity contribution in [3.05, 3.63) is 42.5 Å². The van der Waals surface area contributed by atoms with Crippen molar-refractivity contribution in [2.24, 2.45) is 0 Å². The monoisotopic (exact) mass is 377 g/mol. The van der Waals surface area contributed by atoms with E-state index in [0.29, 0.717) is 29.1 Å². The Morgan fingerprint density at radius 3 is 2.92 bits per heavy atom. The molecule has 0 saturated heterocycles. The van der Waals surface area contributed by atoms with E-state index in [-0.39, 0.29) is 24.4 Å². The fraction of sp³-hybridized carbons (Fsp3) is 0.312. The molecule has 0 aliphatic rings. The Hall–Kier alpha value is -2.32. The van der Waals surface area contributed by atoms with E-state index >= 15 is 0 Å². The molecular weight excluding hydrogens is 357 g/mol. The number of nitrogen functional groups attached to an aromatic ring is 1. The zero-order valence-corrected chi connectivity index (χ0v) is 15.1. The molecule has 10 heteroatoms. The van der Waals surface area contributed by atoms with Gasteiger partial charge in [-0.3, -0.25) is 4.57 Å². The molecule has 26 heavy (non-hydrogen) atoms. The van der Waals surface area contributed by atoms with E-state index < -0.39 is 7.37 Å². The van der Waals surface area contributed by atoms with Crippen LogP contribution < -0.4 is 11.0 Å². The highest BCUT2D eigenvalue weighted by Crippen LogP contribution is 2.39. The third-order valence-electron chi connectivity index (χ3n) is 3.91. The van der Waals surface area contributed by atoms with Gasteiger partial charge in [-0.25, -0.2) is 15.0 Å². The summed E-state index contributed by atoms with van der Waals surface area (Å²) >= 11 is 0. The zero-order valence-electron chi connectivity index (χ0n) is 14.2. The fourth-order valence-corrected chi connectivity index (χ4v) is 3.83. The van der Waals surface area contributed by atoms with Crippen molar-refractivity contribution in [2.75, 3.05) is 12.1 Å². The molecule has 0 bridgehead atoms. The number of anilines is 1. The van der Waals surface area contributed by atoms with Crippen LogP contribution in [-0.2, 0) is 22.5 Å². The number of aromatic nitrogens is 4. The molecule has 0 aliphatic carbocycles. The normalized spacial score (nSPS) is 15.0. The molecule has 2 unspecified atom stereocenters. The summed E-state index contributed by atoms with van der Waals surface area (Å²) in [7, 11) is -3.69. The van der Waals surface area contributed by atoms with E-state index in [1.807, 2.05) is 0 Å². The van der Waals surface area contributed by atoms with Crippen molar-refractivity contribution in [1.29, 1.82) is 0 Å². The first kappa shape index (κ1) is 18.5. The topological polar surface area (TPSA) is 136 Å². The number of fused-ring (bicyclic) bond motifs is 1. The predicted octanol–water partition coefficient (Wildman–Crippen LogP) is 0.859. The summed E-state index contributed by atoms with van der Waals surface area (Å²) in [4.78, 5) is 22.5. The number of nitrogens with two attached hydrogens (primary N) is 1. The number of aliphatic hydroxyl groups excluding tert-OH is 1. The summed E-state index contributed by atoms with van der Waals surface area (Å²) in [6, 6.07) is 6.38. The molecule has 0 saturated carbocycles. The number of aliphatic hydroxyl groups is 1. The van der Waals surface area contributed by atoms with Gasteiger partial charge in [0.2, 0.25) is 0 Å². The molecule has 0 aliphatic heterocycles. The summed E-state index contributed by atoms with van der Waals surface area (Å²) in [5.41, 5.74) is 7.42. The number of imidazole rings is 1. The number of nitrogens with zero attached hydrogens (tertiary/aromatic N) is 4. The quantitative estimate of drug-likeness (QED) is 0.516. The van der Waals surface area contributed by atoms with Gasteiger partial charge in [0.1, 0.15) is 18.2 Å². The number of ether oxygens (including phenoxy) is 1. The average molecular weight is 377 g/mol. The maximum atomic E-state index is 12.5. The largest absolute Gasteiger partial charge is 0.392 e. The average Bonchev–Trinajstić information content (AvgIpc) is 3.04. The molecule has 3 aromatic rings. The number of rotatable bonds is 7. The van der Waals surface area contributed by atoms with Crippen molar-refractivity contribution < 1.29 is 19.3 Å². The Balaban J connectivity index is 1.67. The third-order valence-corrected chi connectivity index (χ3v) is 5.50. The first-order chi connectivity index (χ1) is 12.4. The van der Waals surface area contributed by atoms with Gasteiger partial charge >= 0.3 is 0 Å². The molecule has 3 rings (SSSR count). The summed E-state index contributed by atoms with van der Waals surface area (Å²) in [6.07, 6.45) is 2.26. The lowest BCUT2D eigenvalue weighted by Gasteiger charge is -2.18. The van der Waals surface area contributed by atoms with Gasteiger partial charge in [-0.1, -0.05) is 12.1 Å². The van der Waals surface area contributed by atoms with Crippen LogP contribution in [-0.4, -0.2) is 42.0 Å². The van der Waals surface area contributed by atoms with Gasteiger partial charge in [0.05, 0.1) is 25.6 Å². The van der Waals surface area contributed by atoms with Crippen LogP contribution in [0.3, 0.4) is 0 Å². The molecule has 2 atom stereocenters. The lowest BCUT2D eigenvalue weighted by atomic mass is 10.2. The molecule has 2 aromatic heterocycles. The lowest BCUT2D eigenvalue weighted by molar-refractivity contribution is 0.0834. The van der Waals surface area contributed by atoms with Crippen LogP contribution in [0.2, 0.25) is 0 Å². The third kappa shape index (κ3) is 3.91. The molecule has 0 fully saturated rings. The van der Waals surface area contributed by atoms with Crippen LogP contribution >= 0.6 is 7.37 Å². The molecule has 2 heterocycles. The van der Waals surface area contributed by atoms with Crippen LogP contribution in [0.4, 0.5) is 5.82 Å². The Morgan fingerprint density at radius 2 is 2.15 bits per heavy atom. The summed E-state index contributed by atoms with van der Waals surface area (Å²) < 4.78 is 19.9. The van der Waals surface area contributed by atoms with Gasteiger partial charge in [0, 0.05) is 5.30 Å². The predicted molar refractivity (Wildman–Crippen MR) is 97.0 cm³/mol. The molecular formula is C16H20N5O4P. The minimum absolute atomic E-state index is 0.191. The lowest BCUT2D eigenvalue weighted by Crippen LogP contribution is -2.19. The highest BCUT2D eigenvalue weighted by atomic mass is 31.2. The number of hydrogen-bond donors (Lipinski definition) is 3. The molecule has 9 nitrogen and oxygen atoms in total. The standard InChI is InChI=1S/C16H20N5O4P/c1-11(6-21-9-20-14-15(17)18-8-19-16(14)21)25-10-26(23,24)13-4-2-3-12(5-13)7-22/h2-5,8-9,11,22H,6-7,10H2,1H3,(H,23,24)(H2,17,18,19). The van der Waals surface area contributed by atoms with Crippen molar-refractivity contribution in [3.63, 3.8) is 0 Å². The molecule has 4 N–H and O–H groups in total. The van der Waals surface area contributed by atoms with Crippen LogP contribution in [0, 0.1) is 0 Å². The highest BCUT2D eigenvalue weighted by molar-refractivity contribution is 7.65. The maximum Gasteiger partial charge on any atom is 0.254 e. The minimum Gasteiger partial charge on any atom is -0.392 e.